The minimum absolute atomic E-state index is 0.0888. The number of carbonyl (C=O) groups is 1. The molecule has 28 heavy (non-hydrogen) atoms. The van der Waals surface area contributed by atoms with Crippen LogP contribution in [-0.2, 0) is 7.05 Å². The first-order chi connectivity index (χ1) is 13.4. The number of anilines is 1. The Morgan fingerprint density at radius 2 is 1.93 bits per heavy atom. The third kappa shape index (κ3) is 3.09. The van der Waals surface area contributed by atoms with Gasteiger partial charge in [-0.3, -0.25) is 14.6 Å². The fourth-order valence-corrected chi connectivity index (χ4v) is 3.32. The summed E-state index contributed by atoms with van der Waals surface area (Å²) in [6, 6.07) is 12.8. The Bertz CT molecular complexity index is 1250. The molecule has 1 aromatic carbocycles. The lowest BCUT2D eigenvalue weighted by atomic mass is 9.99. The maximum atomic E-state index is 13.0. The zero-order valence-electron chi connectivity index (χ0n) is 15.9. The van der Waals surface area contributed by atoms with Gasteiger partial charge < -0.3 is 14.9 Å². The van der Waals surface area contributed by atoms with Crippen LogP contribution in [0.1, 0.15) is 21.7 Å². The van der Waals surface area contributed by atoms with Gasteiger partial charge in [-0.2, -0.15) is 0 Å². The summed E-state index contributed by atoms with van der Waals surface area (Å²) in [4.78, 5) is 32.6. The number of rotatable bonds is 3. The fraction of sp³-hybridized carbons (Fsp3) is 0.136. The summed E-state index contributed by atoms with van der Waals surface area (Å²) < 4.78 is 1.64. The highest BCUT2D eigenvalue weighted by molar-refractivity contribution is 6.03. The summed E-state index contributed by atoms with van der Waals surface area (Å²) in [5, 5.41) is 3.76. The average Bonchev–Trinajstić information content (AvgIpc) is 3.22. The normalized spacial score (nSPS) is 11.0. The van der Waals surface area contributed by atoms with Crippen LogP contribution in [0, 0.1) is 13.8 Å². The molecule has 0 atom stereocenters. The Kier molecular flexibility index (Phi) is 4.31. The van der Waals surface area contributed by atoms with Crippen LogP contribution in [0.15, 0.2) is 59.7 Å². The molecular weight excluding hydrogens is 352 g/mol. The number of fused-ring (bicyclic) bond motifs is 1. The number of aromatic nitrogens is 3. The molecule has 0 spiro atoms. The molecule has 4 rings (SSSR count). The number of H-pyrrole nitrogens is 1. The van der Waals surface area contributed by atoms with Crippen LogP contribution in [0.4, 0.5) is 5.69 Å². The van der Waals surface area contributed by atoms with E-state index in [2.05, 4.69) is 15.3 Å². The molecule has 0 unspecified atom stereocenters. The smallest absolute Gasteiger partial charge is 0.272 e. The maximum absolute atomic E-state index is 13.0. The predicted molar refractivity (Wildman–Crippen MR) is 111 cm³/mol. The molecule has 3 aromatic heterocycles. The molecule has 140 valence electrons. The second kappa shape index (κ2) is 6.81. The molecular formula is C22H20N4O2. The molecule has 0 aliphatic rings. The van der Waals surface area contributed by atoms with Gasteiger partial charge in [-0.05, 0) is 61.4 Å². The second-order valence-electron chi connectivity index (χ2n) is 6.87. The summed E-state index contributed by atoms with van der Waals surface area (Å²) >= 11 is 0. The largest absolute Gasteiger partial charge is 0.357 e. The Morgan fingerprint density at radius 1 is 1.11 bits per heavy atom. The van der Waals surface area contributed by atoms with Gasteiger partial charge in [-0.15, -0.1) is 0 Å². The number of benzene rings is 1. The number of hydrogen-bond acceptors (Lipinski definition) is 3. The van der Waals surface area contributed by atoms with Gasteiger partial charge >= 0.3 is 0 Å². The van der Waals surface area contributed by atoms with Crippen LogP contribution in [0.25, 0.3) is 22.0 Å². The van der Waals surface area contributed by atoms with Crippen LogP contribution in [0.2, 0.25) is 0 Å². The van der Waals surface area contributed by atoms with Crippen LogP contribution in [-0.4, -0.2) is 20.4 Å². The monoisotopic (exact) mass is 372 g/mol. The Morgan fingerprint density at radius 3 is 2.68 bits per heavy atom. The first-order valence-electron chi connectivity index (χ1n) is 8.96. The van der Waals surface area contributed by atoms with E-state index < -0.39 is 0 Å². The highest BCUT2D eigenvalue weighted by Gasteiger charge is 2.13. The zero-order chi connectivity index (χ0) is 19.8. The van der Waals surface area contributed by atoms with Gasteiger partial charge in [0.1, 0.15) is 5.69 Å². The third-order valence-electron chi connectivity index (χ3n) is 4.87. The average molecular weight is 372 g/mol. The van der Waals surface area contributed by atoms with E-state index >= 15 is 0 Å². The van der Waals surface area contributed by atoms with Gasteiger partial charge in [0.15, 0.2) is 0 Å². The minimum Gasteiger partial charge on any atom is -0.357 e. The van der Waals surface area contributed by atoms with Crippen LogP contribution in [0.3, 0.4) is 0 Å². The lowest BCUT2D eigenvalue weighted by Gasteiger charge is -2.13. The molecule has 6 heteroatoms. The number of aromatic amines is 1. The van der Waals surface area contributed by atoms with Crippen molar-refractivity contribution in [3.8, 4) is 11.1 Å². The van der Waals surface area contributed by atoms with Crippen molar-refractivity contribution in [2.75, 3.05) is 5.32 Å². The van der Waals surface area contributed by atoms with Gasteiger partial charge in [0.25, 0.3) is 11.5 Å². The van der Waals surface area contributed by atoms with Crippen molar-refractivity contribution in [1.29, 1.82) is 0 Å². The second-order valence-corrected chi connectivity index (χ2v) is 6.87. The lowest BCUT2D eigenvalue weighted by molar-refractivity contribution is 0.102. The summed E-state index contributed by atoms with van der Waals surface area (Å²) in [5.74, 6) is -0.231. The van der Waals surface area contributed by atoms with E-state index in [9.17, 15) is 9.59 Å². The molecule has 1 amide bonds. The van der Waals surface area contributed by atoms with Crippen LogP contribution in [0.5, 0.6) is 0 Å². The molecule has 0 aliphatic heterocycles. The minimum atomic E-state index is -0.231. The molecule has 6 nitrogen and oxygen atoms in total. The number of pyridine rings is 2. The SMILES string of the molecule is Cc1cc2c(cn1)cc(-c1cc(NC(=O)c3ccc[nH]3)ccc1C)c(=O)n2C. The van der Waals surface area contributed by atoms with E-state index in [1.165, 1.54) is 0 Å². The first-order valence-corrected chi connectivity index (χ1v) is 8.96. The van der Waals surface area contributed by atoms with Gasteiger partial charge in [-0.25, -0.2) is 0 Å². The first kappa shape index (κ1) is 17.7. The van der Waals surface area contributed by atoms with Crippen molar-refractivity contribution < 1.29 is 4.79 Å². The molecule has 3 heterocycles. The highest BCUT2D eigenvalue weighted by atomic mass is 16.2. The topological polar surface area (TPSA) is 79.8 Å². The van der Waals surface area contributed by atoms with Crippen molar-refractivity contribution in [3.05, 3.63) is 82.2 Å². The number of aryl methyl sites for hydroxylation is 3. The Labute approximate surface area is 161 Å². The molecule has 4 aromatic rings. The number of hydrogen-bond donors (Lipinski definition) is 2. The van der Waals surface area contributed by atoms with E-state index in [1.54, 1.807) is 36.1 Å². The molecule has 0 radical (unpaired) electrons. The molecule has 0 fully saturated rings. The predicted octanol–water partition coefficient (Wildman–Crippen LogP) is 3.80. The lowest BCUT2D eigenvalue weighted by Crippen LogP contribution is -2.19. The number of nitrogens with zero attached hydrogens (tertiary/aromatic N) is 2. The van der Waals surface area contributed by atoms with Crippen LogP contribution >= 0.6 is 0 Å². The molecule has 0 bridgehead atoms. The molecule has 0 saturated heterocycles. The summed E-state index contributed by atoms with van der Waals surface area (Å²) in [6.45, 7) is 3.85. The fourth-order valence-electron chi connectivity index (χ4n) is 3.32. The summed E-state index contributed by atoms with van der Waals surface area (Å²) in [5.41, 5.74) is 5.04. The quantitative estimate of drug-likeness (QED) is 0.574. The molecule has 0 aliphatic carbocycles. The van der Waals surface area contributed by atoms with E-state index in [0.29, 0.717) is 16.9 Å². The van der Waals surface area contributed by atoms with Crippen molar-refractivity contribution in [2.45, 2.75) is 13.8 Å². The Hall–Kier alpha value is -3.67. The van der Waals surface area contributed by atoms with Crippen molar-refractivity contribution >= 4 is 22.5 Å². The van der Waals surface area contributed by atoms with Gasteiger partial charge in [0.2, 0.25) is 0 Å². The van der Waals surface area contributed by atoms with Crippen molar-refractivity contribution in [1.82, 2.24) is 14.5 Å². The summed E-state index contributed by atoms with van der Waals surface area (Å²) in [7, 11) is 1.76. The van der Waals surface area contributed by atoms with Gasteiger partial charge in [0, 0.05) is 41.8 Å². The standard InChI is InChI=1S/C22H20N4O2/c1-13-6-7-16(25-21(27)19-5-4-8-23-19)11-17(13)18-10-15-12-24-14(2)9-20(15)26(3)22(18)28/h4-12,23H,1-3H3,(H,25,27). The van der Waals surface area contributed by atoms with Crippen molar-refractivity contribution in [3.63, 3.8) is 0 Å². The molecule has 0 saturated carbocycles. The summed E-state index contributed by atoms with van der Waals surface area (Å²) in [6.07, 6.45) is 3.48. The van der Waals surface area contributed by atoms with Gasteiger partial charge in [-0.1, -0.05) is 6.07 Å². The Balaban J connectivity index is 1.81. The zero-order valence-corrected chi connectivity index (χ0v) is 15.9. The number of nitrogens with one attached hydrogen (secondary N) is 2. The third-order valence-corrected chi connectivity index (χ3v) is 4.87. The number of carbonyl (C=O) groups excluding carboxylic acids is 1. The van der Waals surface area contributed by atoms with E-state index in [4.69, 9.17) is 0 Å². The van der Waals surface area contributed by atoms with Gasteiger partial charge in [0.05, 0.1) is 5.52 Å². The van der Waals surface area contributed by atoms with E-state index in [0.717, 1.165) is 27.7 Å². The van der Waals surface area contributed by atoms with E-state index in [1.807, 2.05) is 44.2 Å². The highest BCUT2D eigenvalue weighted by Crippen LogP contribution is 2.27. The van der Waals surface area contributed by atoms with Crippen LogP contribution < -0.4 is 10.9 Å². The molecule has 2 N–H and O–H groups in total. The number of amides is 1. The van der Waals surface area contributed by atoms with E-state index in [-0.39, 0.29) is 11.5 Å². The maximum Gasteiger partial charge on any atom is 0.272 e. The van der Waals surface area contributed by atoms with Crippen molar-refractivity contribution in [2.24, 2.45) is 7.05 Å².